The first-order valence-corrected chi connectivity index (χ1v) is 5.84. The summed E-state index contributed by atoms with van der Waals surface area (Å²) in [6.07, 6.45) is 0. The maximum absolute atomic E-state index is 9.17. The molecule has 0 aliphatic carbocycles. The molecule has 0 atom stereocenters. The Hall–Kier alpha value is -1.39. The van der Waals surface area contributed by atoms with Crippen LogP contribution in [0.4, 0.5) is 0 Å². The maximum atomic E-state index is 9.17. The molecule has 0 bridgehead atoms. The van der Waals surface area contributed by atoms with Crippen molar-refractivity contribution >= 4 is 11.6 Å². The van der Waals surface area contributed by atoms with Gasteiger partial charge < -0.3 is 9.67 Å². The van der Waals surface area contributed by atoms with E-state index in [4.69, 9.17) is 16.7 Å². The molecule has 0 radical (unpaired) electrons. The number of aliphatic hydroxyl groups excluding tert-OH is 1. The van der Waals surface area contributed by atoms with Crippen molar-refractivity contribution < 1.29 is 5.11 Å². The molecule has 4 nitrogen and oxygen atoms in total. The second-order valence-corrected chi connectivity index (χ2v) is 4.30. The third-order valence-corrected chi connectivity index (χ3v) is 2.80. The van der Waals surface area contributed by atoms with E-state index in [0.717, 1.165) is 17.0 Å². The van der Waals surface area contributed by atoms with Crippen LogP contribution in [0.25, 0.3) is 11.4 Å². The summed E-state index contributed by atoms with van der Waals surface area (Å²) in [5.41, 5.74) is 1.99. The van der Waals surface area contributed by atoms with Crippen molar-refractivity contribution in [1.29, 1.82) is 0 Å². The van der Waals surface area contributed by atoms with Gasteiger partial charge in [-0.15, -0.1) is 10.2 Å². The summed E-state index contributed by atoms with van der Waals surface area (Å²) in [6, 6.07) is 5.75. The highest BCUT2D eigenvalue weighted by molar-refractivity contribution is 6.30. The number of aryl methyl sites for hydroxylation is 1. The van der Waals surface area contributed by atoms with Gasteiger partial charge in [-0.05, 0) is 37.6 Å². The third-order valence-electron chi connectivity index (χ3n) is 2.59. The predicted octanol–water partition coefficient (Wildman–Crippen LogP) is 2.42. The number of rotatable bonds is 3. The molecule has 0 spiro atoms. The van der Waals surface area contributed by atoms with Gasteiger partial charge in [0.1, 0.15) is 6.61 Å². The lowest BCUT2D eigenvalue weighted by molar-refractivity contribution is 0.265. The number of aliphatic hydroxyl groups is 1. The van der Waals surface area contributed by atoms with E-state index in [1.165, 1.54) is 0 Å². The molecule has 0 aliphatic heterocycles. The fourth-order valence-electron chi connectivity index (χ4n) is 1.86. The molecule has 5 heteroatoms. The van der Waals surface area contributed by atoms with E-state index in [0.29, 0.717) is 17.4 Å². The number of halogens is 1. The topological polar surface area (TPSA) is 50.9 Å². The molecular formula is C12H14ClN3O. The minimum atomic E-state index is -0.111. The zero-order valence-corrected chi connectivity index (χ0v) is 10.6. The quantitative estimate of drug-likeness (QED) is 0.912. The first kappa shape index (κ1) is 12.1. The number of benzene rings is 1. The Morgan fingerprint density at radius 2 is 2.06 bits per heavy atom. The molecule has 0 aliphatic rings. The number of hydrogen-bond acceptors (Lipinski definition) is 3. The molecule has 1 heterocycles. The van der Waals surface area contributed by atoms with Crippen molar-refractivity contribution in [2.45, 2.75) is 27.0 Å². The second-order valence-electron chi connectivity index (χ2n) is 3.86. The van der Waals surface area contributed by atoms with E-state index < -0.39 is 0 Å². The van der Waals surface area contributed by atoms with Gasteiger partial charge in [0.15, 0.2) is 11.6 Å². The van der Waals surface area contributed by atoms with E-state index in [1.54, 1.807) is 0 Å². The zero-order chi connectivity index (χ0) is 12.4. The van der Waals surface area contributed by atoms with Gasteiger partial charge in [0.2, 0.25) is 0 Å². The summed E-state index contributed by atoms with van der Waals surface area (Å²) in [5, 5.41) is 17.9. The summed E-state index contributed by atoms with van der Waals surface area (Å²) in [4.78, 5) is 0. The molecular weight excluding hydrogens is 238 g/mol. The molecule has 0 saturated carbocycles. The van der Waals surface area contributed by atoms with Crippen molar-refractivity contribution in [3.8, 4) is 11.4 Å². The SMILES string of the molecule is CCn1c(CO)nnc1-c1cc(C)cc(Cl)c1. The number of hydrogen-bond donors (Lipinski definition) is 1. The number of nitrogens with zero attached hydrogens (tertiary/aromatic N) is 3. The molecule has 0 saturated heterocycles. The molecule has 17 heavy (non-hydrogen) atoms. The van der Waals surface area contributed by atoms with Gasteiger partial charge in [-0.3, -0.25) is 0 Å². The van der Waals surface area contributed by atoms with Gasteiger partial charge in [0, 0.05) is 17.1 Å². The van der Waals surface area contributed by atoms with Crippen molar-refractivity contribution in [1.82, 2.24) is 14.8 Å². The molecule has 2 rings (SSSR count). The molecule has 0 fully saturated rings. The number of aromatic nitrogens is 3. The van der Waals surface area contributed by atoms with E-state index in [1.807, 2.05) is 36.6 Å². The van der Waals surface area contributed by atoms with E-state index in [2.05, 4.69) is 10.2 Å². The highest BCUT2D eigenvalue weighted by Gasteiger charge is 2.12. The Morgan fingerprint density at radius 1 is 1.29 bits per heavy atom. The van der Waals surface area contributed by atoms with Gasteiger partial charge >= 0.3 is 0 Å². The predicted molar refractivity (Wildman–Crippen MR) is 66.8 cm³/mol. The van der Waals surface area contributed by atoms with E-state index in [-0.39, 0.29) is 6.61 Å². The highest BCUT2D eigenvalue weighted by Crippen LogP contribution is 2.24. The highest BCUT2D eigenvalue weighted by atomic mass is 35.5. The van der Waals surface area contributed by atoms with Crippen LogP contribution in [-0.4, -0.2) is 19.9 Å². The van der Waals surface area contributed by atoms with Gasteiger partial charge in [0.25, 0.3) is 0 Å². The van der Waals surface area contributed by atoms with E-state index >= 15 is 0 Å². The van der Waals surface area contributed by atoms with Crippen molar-refractivity contribution in [3.63, 3.8) is 0 Å². The first-order valence-electron chi connectivity index (χ1n) is 5.46. The second kappa shape index (κ2) is 4.85. The standard InChI is InChI=1S/C12H14ClN3O/c1-3-16-11(7-17)14-15-12(16)9-4-8(2)5-10(13)6-9/h4-6,17H,3,7H2,1-2H3. The Morgan fingerprint density at radius 3 is 2.65 bits per heavy atom. The van der Waals surface area contributed by atoms with Crippen molar-refractivity contribution in [3.05, 3.63) is 34.6 Å². The van der Waals surface area contributed by atoms with Crippen LogP contribution in [0.1, 0.15) is 18.3 Å². The summed E-state index contributed by atoms with van der Waals surface area (Å²) in [7, 11) is 0. The lowest BCUT2D eigenvalue weighted by atomic mass is 10.1. The van der Waals surface area contributed by atoms with Crippen LogP contribution in [0, 0.1) is 6.92 Å². The molecule has 1 aromatic carbocycles. The largest absolute Gasteiger partial charge is 0.388 e. The Kier molecular flexibility index (Phi) is 3.45. The molecule has 0 amide bonds. The lowest BCUT2D eigenvalue weighted by Gasteiger charge is -2.07. The average molecular weight is 252 g/mol. The first-order chi connectivity index (χ1) is 8.15. The Bertz CT molecular complexity index is 516. The Balaban J connectivity index is 2.55. The van der Waals surface area contributed by atoms with Gasteiger partial charge in [-0.25, -0.2) is 0 Å². The van der Waals surface area contributed by atoms with Gasteiger partial charge in [-0.1, -0.05) is 11.6 Å². The summed E-state index contributed by atoms with van der Waals surface area (Å²) in [6.45, 7) is 4.57. The van der Waals surface area contributed by atoms with Crippen LogP contribution < -0.4 is 0 Å². The van der Waals surface area contributed by atoms with Crippen molar-refractivity contribution in [2.24, 2.45) is 0 Å². The normalized spacial score (nSPS) is 10.8. The lowest BCUT2D eigenvalue weighted by Crippen LogP contribution is -2.03. The zero-order valence-electron chi connectivity index (χ0n) is 9.81. The molecule has 1 N–H and O–H groups in total. The van der Waals surface area contributed by atoms with Gasteiger partial charge in [0.05, 0.1) is 0 Å². The van der Waals surface area contributed by atoms with Crippen LogP contribution in [-0.2, 0) is 13.2 Å². The van der Waals surface area contributed by atoms with E-state index in [9.17, 15) is 0 Å². The van der Waals surface area contributed by atoms with Crippen LogP contribution in [0.5, 0.6) is 0 Å². The average Bonchev–Trinajstić information content (AvgIpc) is 2.70. The van der Waals surface area contributed by atoms with Crippen LogP contribution in [0.2, 0.25) is 5.02 Å². The maximum Gasteiger partial charge on any atom is 0.164 e. The minimum absolute atomic E-state index is 0.111. The summed E-state index contributed by atoms with van der Waals surface area (Å²) >= 11 is 6.03. The summed E-state index contributed by atoms with van der Waals surface area (Å²) < 4.78 is 1.88. The van der Waals surface area contributed by atoms with Crippen LogP contribution in [0.3, 0.4) is 0 Å². The third kappa shape index (κ3) is 2.33. The van der Waals surface area contributed by atoms with Crippen molar-refractivity contribution in [2.75, 3.05) is 0 Å². The summed E-state index contributed by atoms with van der Waals surface area (Å²) in [5.74, 6) is 1.31. The fourth-order valence-corrected chi connectivity index (χ4v) is 2.15. The fraction of sp³-hybridized carbons (Fsp3) is 0.333. The molecule has 90 valence electrons. The van der Waals surface area contributed by atoms with Crippen LogP contribution in [0.15, 0.2) is 18.2 Å². The van der Waals surface area contributed by atoms with Crippen LogP contribution >= 0.6 is 11.6 Å². The minimum Gasteiger partial charge on any atom is -0.388 e. The molecule has 1 aromatic heterocycles. The molecule has 2 aromatic rings. The van der Waals surface area contributed by atoms with Gasteiger partial charge in [-0.2, -0.15) is 0 Å². The molecule has 0 unspecified atom stereocenters. The monoisotopic (exact) mass is 251 g/mol. The smallest absolute Gasteiger partial charge is 0.164 e. The Labute approximate surface area is 105 Å².